The maximum absolute atomic E-state index is 14.0. The summed E-state index contributed by atoms with van der Waals surface area (Å²) in [5, 5.41) is 0. The van der Waals surface area contributed by atoms with E-state index in [0.717, 1.165) is 12.0 Å². The molecule has 1 aromatic carbocycles. The van der Waals surface area contributed by atoms with Gasteiger partial charge in [-0.2, -0.15) is 4.31 Å². The number of carbonyl (C=O) groups excluding carboxylic acids is 2. The zero-order valence-electron chi connectivity index (χ0n) is 23.0. The Morgan fingerprint density at radius 3 is 2.30 bits per heavy atom. The Morgan fingerprint density at radius 2 is 1.76 bits per heavy atom. The van der Waals surface area contributed by atoms with Gasteiger partial charge in [0.25, 0.3) is 0 Å². The monoisotopic (exact) mass is 535 g/mol. The van der Waals surface area contributed by atoms with E-state index in [1.807, 2.05) is 58.0 Å². The van der Waals surface area contributed by atoms with Crippen LogP contribution in [-0.4, -0.2) is 61.5 Å². The maximum Gasteiger partial charge on any atom is 0.338 e. The number of ether oxygens (including phenoxy) is 3. The molecule has 0 radical (unpaired) electrons. The van der Waals surface area contributed by atoms with Crippen molar-refractivity contribution >= 4 is 22.0 Å². The fourth-order valence-electron chi connectivity index (χ4n) is 7.45. The molecule has 0 unspecified atom stereocenters. The highest BCUT2D eigenvalue weighted by molar-refractivity contribution is 7.89. The lowest BCUT2D eigenvalue weighted by molar-refractivity contribution is -0.243. The molecule has 2 bridgehead atoms. The Kier molecular flexibility index (Phi) is 7.31. The molecule has 1 saturated heterocycles. The summed E-state index contributed by atoms with van der Waals surface area (Å²) in [5.41, 5.74) is -0.580. The zero-order valence-corrected chi connectivity index (χ0v) is 23.8. The van der Waals surface area contributed by atoms with E-state index < -0.39 is 50.6 Å². The van der Waals surface area contributed by atoms with Crippen LogP contribution in [0.2, 0.25) is 0 Å². The highest BCUT2D eigenvalue weighted by atomic mass is 32.2. The van der Waals surface area contributed by atoms with Crippen LogP contribution in [0, 0.1) is 16.7 Å². The molecule has 0 aromatic heterocycles. The van der Waals surface area contributed by atoms with E-state index in [1.165, 1.54) is 7.11 Å². The Hall–Kier alpha value is -1.97. The highest BCUT2D eigenvalue weighted by Crippen LogP contribution is 2.73. The first-order valence-corrected chi connectivity index (χ1v) is 14.9. The molecule has 4 rings (SSSR count). The molecule has 0 amide bonds. The number of benzene rings is 1. The van der Waals surface area contributed by atoms with Crippen LogP contribution in [0.5, 0.6) is 0 Å². The summed E-state index contributed by atoms with van der Waals surface area (Å²) in [5.74, 6) is -3.00. The number of rotatable bonds is 9. The SMILES string of the molecule is COC(=O)C[C@@H](c1ccccc1)[C@H]1O[C@@]2(C[C@H]3CC[C@]2(CS(=O)(=O)N(C(C)C)C(C)C)C3(C)C)OC1=O. The van der Waals surface area contributed by atoms with Gasteiger partial charge in [0.15, 0.2) is 6.10 Å². The fraction of sp³-hybridized carbons (Fsp3) is 0.714. The second-order valence-corrected chi connectivity index (χ2v) is 13.9. The molecule has 1 aliphatic heterocycles. The van der Waals surface area contributed by atoms with E-state index in [1.54, 1.807) is 4.31 Å². The van der Waals surface area contributed by atoms with Crippen LogP contribution in [0.1, 0.15) is 78.7 Å². The van der Waals surface area contributed by atoms with Crippen molar-refractivity contribution in [1.29, 1.82) is 0 Å². The van der Waals surface area contributed by atoms with Crippen molar-refractivity contribution in [2.24, 2.45) is 16.7 Å². The summed E-state index contributed by atoms with van der Waals surface area (Å²) >= 11 is 0. The van der Waals surface area contributed by atoms with Crippen molar-refractivity contribution < 1.29 is 32.2 Å². The van der Waals surface area contributed by atoms with E-state index >= 15 is 0 Å². The molecule has 2 aliphatic carbocycles. The second kappa shape index (κ2) is 9.65. The molecular formula is C28H41NO7S. The minimum absolute atomic E-state index is 0.0526. The average molecular weight is 536 g/mol. The van der Waals surface area contributed by atoms with Gasteiger partial charge < -0.3 is 14.2 Å². The lowest BCUT2D eigenvalue weighted by Crippen LogP contribution is -2.57. The molecule has 8 nitrogen and oxygen atoms in total. The molecule has 9 heteroatoms. The van der Waals surface area contributed by atoms with Crippen LogP contribution in [0.4, 0.5) is 0 Å². The molecule has 1 heterocycles. The van der Waals surface area contributed by atoms with E-state index in [2.05, 4.69) is 13.8 Å². The third-order valence-corrected chi connectivity index (χ3v) is 11.6. The van der Waals surface area contributed by atoms with Crippen LogP contribution in [0.25, 0.3) is 0 Å². The predicted molar refractivity (Wildman–Crippen MR) is 139 cm³/mol. The van der Waals surface area contributed by atoms with Crippen LogP contribution in [0.15, 0.2) is 30.3 Å². The van der Waals surface area contributed by atoms with Gasteiger partial charge in [-0.3, -0.25) is 4.79 Å². The van der Waals surface area contributed by atoms with Gasteiger partial charge in [-0.15, -0.1) is 0 Å². The molecule has 37 heavy (non-hydrogen) atoms. The van der Waals surface area contributed by atoms with Crippen molar-refractivity contribution in [1.82, 2.24) is 4.31 Å². The number of nitrogens with zero attached hydrogens (tertiary/aromatic N) is 1. The zero-order chi connectivity index (χ0) is 27.4. The number of hydrogen-bond donors (Lipinski definition) is 0. The summed E-state index contributed by atoms with van der Waals surface area (Å²) in [6.45, 7) is 11.7. The number of esters is 2. The average Bonchev–Trinajstić information content (AvgIpc) is 3.31. The number of methoxy groups -OCH3 is 1. The quantitative estimate of drug-likeness (QED) is 0.436. The molecular weight excluding hydrogens is 494 g/mol. The standard InChI is InChI=1S/C28H41NO7S/c1-18(2)29(19(3)4)37(32,33)17-27-14-13-21(26(27,5)6)16-28(27)35-24(25(31)36-28)22(15-23(30)34-7)20-11-9-8-10-12-20/h8-12,18-19,21-22,24H,13-17H2,1-7H3/t21-,22+,24-,27+,28+/m1/s1. The highest BCUT2D eigenvalue weighted by Gasteiger charge is 2.78. The predicted octanol–water partition coefficient (Wildman–Crippen LogP) is 4.25. The van der Waals surface area contributed by atoms with Crippen molar-refractivity contribution in [3.8, 4) is 0 Å². The molecule has 1 aromatic rings. The molecule has 3 aliphatic rings. The summed E-state index contributed by atoms with van der Waals surface area (Å²) in [7, 11) is -2.41. The Bertz CT molecular complexity index is 1120. The van der Waals surface area contributed by atoms with Crippen molar-refractivity contribution in [3.63, 3.8) is 0 Å². The van der Waals surface area contributed by atoms with Gasteiger partial charge in [0.1, 0.15) is 0 Å². The van der Waals surface area contributed by atoms with Crippen LogP contribution in [0.3, 0.4) is 0 Å². The van der Waals surface area contributed by atoms with Crippen LogP contribution in [-0.2, 0) is 33.8 Å². The Balaban J connectivity index is 1.76. The first-order chi connectivity index (χ1) is 17.2. The molecule has 1 spiro atoms. The summed E-state index contributed by atoms with van der Waals surface area (Å²) in [4.78, 5) is 25.8. The Morgan fingerprint density at radius 1 is 1.14 bits per heavy atom. The minimum atomic E-state index is -3.73. The topological polar surface area (TPSA) is 99.2 Å². The molecule has 206 valence electrons. The van der Waals surface area contributed by atoms with E-state index in [-0.39, 0.29) is 30.2 Å². The van der Waals surface area contributed by atoms with Gasteiger partial charge >= 0.3 is 11.9 Å². The minimum Gasteiger partial charge on any atom is -0.469 e. The Labute approximate surface area is 221 Å². The number of carbonyl (C=O) groups is 2. The third-order valence-electron chi connectivity index (χ3n) is 9.21. The number of hydrogen-bond acceptors (Lipinski definition) is 7. The fourth-order valence-corrected chi connectivity index (χ4v) is 10.2. The van der Waals surface area contributed by atoms with Crippen LogP contribution >= 0.6 is 0 Å². The largest absolute Gasteiger partial charge is 0.469 e. The summed E-state index contributed by atoms with van der Waals surface area (Å²) in [6.07, 6.45) is 0.788. The molecule has 2 saturated carbocycles. The smallest absolute Gasteiger partial charge is 0.338 e. The summed E-state index contributed by atoms with van der Waals surface area (Å²) in [6, 6.07) is 8.84. The van der Waals surface area contributed by atoms with Crippen molar-refractivity contribution in [3.05, 3.63) is 35.9 Å². The lowest BCUT2D eigenvalue weighted by atomic mass is 9.68. The second-order valence-electron chi connectivity index (χ2n) is 12.0. The van der Waals surface area contributed by atoms with Gasteiger partial charge in [-0.05, 0) is 57.4 Å². The number of fused-ring (bicyclic) bond motifs is 3. The van der Waals surface area contributed by atoms with Crippen LogP contribution < -0.4 is 0 Å². The number of sulfonamides is 1. The first kappa shape index (κ1) is 28.0. The first-order valence-electron chi connectivity index (χ1n) is 13.2. The van der Waals surface area contributed by atoms with Gasteiger partial charge in [0.05, 0.1) is 24.7 Å². The van der Waals surface area contributed by atoms with Gasteiger partial charge in [0, 0.05) is 24.4 Å². The van der Waals surface area contributed by atoms with E-state index in [0.29, 0.717) is 12.8 Å². The normalized spacial score (nSPS) is 31.5. The third kappa shape index (κ3) is 4.40. The molecule has 5 atom stereocenters. The maximum atomic E-state index is 14.0. The summed E-state index contributed by atoms with van der Waals surface area (Å²) < 4.78 is 47.2. The van der Waals surface area contributed by atoms with E-state index in [9.17, 15) is 18.0 Å². The van der Waals surface area contributed by atoms with Crippen molar-refractivity contribution in [2.75, 3.05) is 12.9 Å². The van der Waals surface area contributed by atoms with Crippen molar-refractivity contribution in [2.45, 2.75) is 97.1 Å². The molecule has 0 N–H and O–H groups in total. The van der Waals surface area contributed by atoms with Gasteiger partial charge in [-0.1, -0.05) is 44.2 Å². The molecule has 3 fully saturated rings. The van der Waals surface area contributed by atoms with E-state index in [4.69, 9.17) is 14.2 Å². The lowest BCUT2D eigenvalue weighted by Gasteiger charge is -2.47. The van der Waals surface area contributed by atoms with Gasteiger partial charge in [-0.25, -0.2) is 13.2 Å². The van der Waals surface area contributed by atoms with Gasteiger partial charge in [0.2, 0.25) is 15.8 Å².